The molecule has 0 spiro atoms. The fourth-order valence-electron chi connectivity index (χ4n) is 4.13. The largest absolute Gasteiger partial charge is 0.339 e. The smallest absolute Gasteiger partial charge is 0.254 e. The van der Waals surface area contributed by atoms with Crippen LogP contribution in [0.25, 0.3) is 22.2 Å². The molecule has 2 fully saturated rings. The van der Waals surface area contributed by atoms with Gasteiger partial charge in [0.2, 0.25) is 0 Å². The van der Waals surface area contributed by atoms with Crippen LogP contribution in [0.1, 0.15) is 36.0 Å². The zero-order valence-corrected chi connectivity index (χ0v) is 16.6. The highest BCUT2D eigenvalue weighted by Gasteiger charge is 2.27. The number of hydrogen-bond acceptors (Lipinski definition) is 4. The molecule has 0 unspecified atom stereocenters. The van der Waals surface area contributed by atoms with E-state index < -0.39 is 0 Å². The number of nitrogens with one attached hydrogen (secondary N) is 1. The van der Waals surface area contributed by atoms with Crippen molar-refractivity contribution in [3.63, 3.8) is 0 Å². The number of para-hydroxylation sites is 1. The Bertz CT molecular complexity index is 1010. The molecule has 0 radical (unpaired) electrons. The van der Waals surface area contributed by atoms with E-state index in [4.69, 9.17) is 4.98 Å². The minimum absolute atomic E-state index is 0.106. The van der Waals surface area contributed by atoms with Crippen LogP contribution < -0.4 is 5.32 Å². The van der Waals surface area contributed by atoms with Crippen LogP contribution in [0.2, 0.25) is 0 Å². The summed E-state index contributed by atoms with van der Waals surface area (Å²) >= 11 is 0. The number of amides is 1. The van der Waals surface area contributed by atoms with Crippen molar-refractivity contribution in [2.75, 3.05) is 19.6 Å². The summed E-state index contributed by atoms with van der Waals surface area (Å²) in [4.78, 5) is 24.4. The summed E-state index contributed by atoms with van der Waals surface area (Å²) < 4.78 is 0. The summed E-state index contributed by atoms with van der Waals surface area (Å²) in [5.74, 6) is 0.998. The highest BCUT2D eigenvalue weighted by atomic mass is 16.2. The highest BCUT2D eigenvalue weighted by Crippen LogP contribution is 2.29. The van der Waals surface area contributed by atoms with Crippen LogP contribution in [-0.2, 0) is 0 Å². The number of likely N-dealkylation sites (tertiary alicyclic amines) is 1. The lowest BCUT2D eigenvalue weighted by Crippen LogP contribution is -2.45. The summed E-state index contributed by atoms with van der Waals surface area (Å²) in [6, 6.07) is 14.3. The van der Waals surface area contributed by atoms with Gasteiger partial charge in [-0.2, -0.15) is 0 Å². The minimum atomic E-state index is 0.106. The van der Waals surface area contributed by atoms with Gasteiger partial charge in [0.1, 0.15) is 0 Å². The second kappa shape index (κ2) is 7.91. The number of carbonyl (C=O) groups is 1. The average molecular weight is 386 g/mol. The van der Waals surface area contributed by atoms with Crippen LogP contribution in [0.5, 0.6) is 0 Å². The number of hydrogen-bond donors (Lipinski definition) is 1. The number of carbonyl (C=O) groups excluding carboxylic acids is 1. The van der Waals surface area contributed by atoms with E-state index in [1.54, 1.807) is 12.4 Å². The number of pyridine rings is 2. The molecular formula is C24H26N4O. The maximum absolute atomic E-state index is 13.4. The second-order valence-corrected chi connectivity index (χ2v) is 8.23. The van der Waals surface area contributed by atoms with Crippen LogP contribution in [0.4, 0.5) is 0 Å². The highest BCUT2D eigenvalue weighted by molar-refractivity contribution is 6.07. The van der Waals surface area contributed by atoms with Gasteiger partial charge in [-0.15, -0.1) is 0 Å². The van der Waals surface area contributed by atoms with Gasteiger partial charge >= 0.3 is 0 Å². The molecule has 0 atom stereocenters. The van der Waals surface area contributed by atoms with Crippen LogP contribution in [0, 0.1) is 5.92 Å². The van der Waals surface area contributed by atoms with Crippen LogP contribution >= 0.6 is 0 Å². The molecule has 1 saturated heterocycles. The van der Waals surface area contributed by atoms with E-state index in [1.165, 1.54) is 12.8 Å². The molecule has 1 aliphatic carbocycles. The van der Waals surface area contributed by atoms with E-state index in [-0.39, 0.29) is 5.91 Å². The lowest BCUT2D eigenvalue weighted by atomic mass is 10.0. The van der Waals surface area contributed by atoms with E-state index in [1.807, 2.05) is 47.4 Å². The van der Waals surface area contributed by atoms with Gasteiger partial charge in [-0.3, -0.25) is 9.78 Å². The molecule has 1 aliphatic heterocycles. The van der Waals surface area contributed by atoms with Crippen molar-refractivity contribution in [3.05, 3.63) is 60.4 Å². The molecule has 3 aromatic rings. The lowest BCUT2D eigenvalue weighted by Gasteiger charge is -2.33. The van der Waals surface area contributed by atoms with Crippen molar-refractivity contribution >= 4 is 16.8 Å². The minimum Gasteiger partial charge on any atom is -0.339 e. The molecule has 1 N–H and O–H groups in total. The first-order valence-corrected chi connectivity index (χ1v) is 10.6. The third-order valence-electron chi connectivity index (χ3n) is 6.08. The summed E-state index contributed by atoms with van der Waals surface area (Å²) in [7, 11) is 0. The molecule has 1 aromatic carbocycles. The zero-order chi connectivity index (χ0) is 19.6. The Labute approximate surface area is 171 Å². The van der Waals surface area contributed by atoms with Crippen molar-refractivity contribution in [2.24, 2.45) is 5.92 Å². The monoisotopic (exact) mass is 386 g/mol. The number of rotatable bonds is 5. The van der Waals surface area contributed by atoms with E-state index in [0.29, 0.717) is 6.04 Å². The Hall–Kier alpha value is -2.79. The molecule has 5 nitrogen and oxygen atoms in total. The number of benzene rings is 1. The first-order valence-electron chi connectivity index (χ1n) is 10.6. The van der Waals surface area contributed by atoms with Crippen molar-refractivity contribution < 1.29 is 4.79 Å². The van der Waals surface area contributed by atoms with Crippen LogP contribution in [-0.4, -0.2) is 46.5 Å². The number of nitrogens with zero attached hydrogens (tertiary/aromatic N) is 3. The molecule has 1 amide bonds. The van der Waals surface area contributed by atoms with Gasteiger partial charge in [0.25, 0.3) is 5.91 Å². The first kappa shape index (κ1) is 18.3. The third-order valence-corrected chi connectivity index (χ3v) is 6.08. The summed E-state index contributed by atoms with van der Waals surface area (Å²) in [6.45, 7) is 2.75. The van der Waals surface area contributed by atoms with E-state index in [0.717, 1.165) is 66.1 Å². The van der Waals surface area contributed by atoms with E-state index in [2.05, 4.69) is 10.3 Å². The normalized spacial score (nSPS) is 17.6. The lowest BCUT2D eigenvalue weighted by molar-refractivity contribution is 0.0707. The Morgan fingerprint density at radius 3 is 2.66 bits per heavy atom. The average Bonchev–Trinajstić information content (AvgIpc) is 3.62. The van der Waals surface area contributed by atoms with Gasteiger partial charge in [-0.05, 0) is 62.4 Å². The summed E-state index contributed by atoms with van der Waals surface area (Å²) in [5.41, 5.74) is 3.30. The summed E-state index contributed by atoms with van der Waals surface area (Å²) in [6.07, 6.45) is 8.34. The molecule has 5 heteroatoms. The second-order valence-electron chi connectivity index (χ2n) is 8.23. The molecule has 5 rings (SSSR count). The fraction of sp³-hybridized carbons (Fsp3) is 0.375. The third kappa shape index (κ3) is 4.01. The van der Waals surface area contributed by atoms with E-state index >= 15 is 0 Å². The van der Waals surface area contributed by atoms with Crippen LogP contribution in [0.15, 0.2) is 54.9 Å². The molecular weight excluding hydrogens is 360 g/mol. The van der Waals surface area contributed by atoms with Crippen molar-refractivity contribution in [3.8, 4) is 11.3 Å². The van der Waals surface area contributed by atoms with Crippen molar-refractivity contribution in [2.45, 2.75) is 31.7 Å². The van der Waals surface area contributed by atoms with Crippen molar-refractivity contribution in [1.29, 1.82) is 0 Å². The Morgan fingerprint density at radius 2 is 1.90 bits per heavy atom. The Balaban J connectivity index is 1.39. The molecule has 3 heterocycles. The standard InChI is InChI=1S/C24H26N4O/c29-24(28-12-9-19(10-13-28)26-15-17-7-8-17)21-14-23(18-4-3-11-25-16-18)27-22-6-2-1-5-20(21)22/h1-6,11,14,16-17,19,26H,7-10,12-13,15H2. The van der Waals surface area contributed by atoms with Gasteiger partial charge in [-0.25, -0.2) is 4.98 Å². The number of aromatic nitrogens is 2. The number of piperidine rings is 1. The predicted octanol–water partition coefficient (Wildman–Crippen LogP) is 3.90. The van der Waals surface area contributed by atoms with Gasteiger partial charge in [-0.1, -0.05) is 18.2 Å². The molecule has 0 bridgehead atoms. The van der Waals surface area contributed by atoms with Gasteiger partial charge in [0.15, 0.2) is 0 Å². The van der Waals surface area contributed by atoms with Gasteiger partial charge in [0.05, 0.1) is 16.8 Å². The number of fused-ring (bicyclic) bond motifs is 1. The van der Waals surface area contributed by atoms with Crippen molar-refractivity contribution in [1.82, 2.24) is 20.2 Å². The summed E-state index contributed by atoms with van der Waals surface area (Å²) in [5, 5.41) is 4.60. The van der Waals surface area contributed by atoms with E-state index in [9.17, 15) is 4.79 Å². The predicted molar refractivity (Wildman–Crippen MR) is 115 cm³/mol. The molecule has 1 saturated carbocycles. The van der Waals surface area contributed by atoms with Gasteiger partial charge < -0.3 is 10.2 Å². The Morgan fingerprint density at radius 1 is 1.07 bits per heavy atom. The maximum atomic E-state index is 13.4. The SMILES string of the molecule is O=C(c1cc(-c2cccnc2)nc2ccccc12)N1CCC(NCC2CC2)CC1. The molecule has 29 heavy (non-hydrogen) atoms. The first-order chi connectivity index (χ1) is 14.3. The topological polar surface area (TPSA) is 58.1 Å². The van der Waals surface area contributed by atoms with Gasteiger partial charge in [0, 0.05) is 42.5 Å². The molecule has 2 aliphatic rings. The molecule has 2 aromatic heterocycles. The molecule has 148 valence electrons. The fourth-order valence-corrected chi connectivity index (χ4v) is 4.13. The van der Waals surface area contributed by atoms with Crippen LogP contribution in [0.3, 0.4) is 0 Å². The zero-order valence-electron chi connectivity index (χ0n) is 16.6. The Kier molecular flexibility index (Phi) is 4.98. The maximum Gasteiger partial charge on any atom is 0.254 e. The quantitative estimate of drug-likeness (QED) is 0.722.